The molecule has 2 saturated carbocycles. The zero-order valence-electron chi connectivity index (χ0n) is 37.0. The van der Waals surface area contributed by atoms with Gasteiger partial charge in [-0.2, -0.15) is 0 Å². The average Bonchev–Trinajstić information content (AvgIpc) is 4.17. The van der Waals surface area contributed by atoms with E-state index in [1.54, 1.807) is 45.3 Å². The number of anilines is 2. The molecule has 16 heteroatoms. The van der Waals surface area contributed by atoms with Gasteiger partial charge in [0.15, 0.2) is 0 Å². The summed E-state index contributed by atoms with van der Waals surface area (Å²) in [6.45, 7) is 16.9. The quantitative estimate of drug-likeness (QED) is 0.0842. The number of hydrogen-bond acceptors (Lipinski definition) is 12. The molecule has 4 aromatic heterocycles. The van der Waals surface area contributed by atoms with Gasteiger partial charge in [-0.05, 0) is 119 Å². The van der Waals surface area contributed by atoms with Crippen molar-refractivity contribution in [1.29, 1.82) is 0 Å². The van der Waals surface area contributed by atoms with Crippen molar-refractivity contribution in [2.75, 3.05) is 30.3 Å². The molecular weight excluding hydrogens is 1010 g/mol. The molecule has 2 atom stereocenters. The molecular formula is C48H58Br2N8O2S4. The Bertz CT molecular complexity index is 2630. The average molecular weight is 1070 g/mol. The SMILES string of the molecule is C=CC(=O)Nc1sc2c(c1-c1nc3cc(Br)ccc3s1)CCN(C1CC1)C2.CC[C@H](C)N.CC[C@H](C)NCCC(=O)Nc1sc2c(c1-c1nc3cc(Br)ccc3s1)CCN(C1CC1)C2. The van der Waals surface area contributed by atoms with Gasteiger partial charge in [0.2, 0.25) is 11.8 Å². The summed E-state index contributed by atoms with van der Waals surface area (Å²) in [6.07, 6.45) is 11.3. The second-order valence-electron chi connectivity index (χ2n) is 17.2. The Labute approximate surface area is 409 Å². The number of thiophene rings is 2. The smallest absolute Gasteiger partial charge is 0.248 e. The van der Waals surface area contributed by atoms with Crippen molar-refractivity contribution in [3.63, 3.8) is 0 Å². The first-order chi connectivity index (χ1) is 30.9. The Kier molecular flexibility index (Phi) is 15.9. The molecule has 2 aliphatic heterocycles. The van der Waals surface area contributed by atoms with Crippen molar-refractivity contribution in [3.05, 3.63) is 78.9 Å². The highest BCUT2D eigenvalue weighted by Crippen LogP contribution is 2.49. The molecule has 0 bridgehead atoms. The molecule has 10 rings (SSSR count). The maximum absolute atomic E-state index is 12.8. The van der Waals surface area contributed by atoms with Crippen LogP contribution in [0, 0.1) is 0 Å². The van der Waals surface area contributed by atoms with Crippen molar-refractivity contribution < 1.29 is 9.59 Å². The first kappa shape index (κ1) is 47.6. The fraction of sp³-hybridized carbons (Fsp3) is 0.458. The van der Waals surface area contributed by atoms with Crippen LogP contribution in [0.15, 0.2) is 58.0 Å². The molecule has 64 heavy (non-hydrogen) atoms. The van der Waals surface area contributed by atoms with Gasteiger partial charge in [-0.1, -0.05) is 52.3 Å². The van der Waals surface area contributed by atoms with Crippen LogP contribution in [-0.4, -0.2) is 75.4 Å². The molecule has 2 fully saturated rings. The lowest BCUT2D eigenvalue weighted by Crippen LogP contribution is -2.31. The molecule has 0 spiro atoms. The van der Waals surface area contributed by atoms with Gasteiger partial charge in [0.1, 0.15) is 20.0 Å². The van der Waals surface area contributed by atoms with E-state index < -0.39 is 0 Å². The first-order valence-corrected chi connectivity index (χ1v) is 27.4. The predicted molar refractivity (Wildman–Crippen MR) is 279 cm³/mol. The normalized spacial score (nSPS) is 17.1. The van der Waals surface area contributed by atoms with Crippen LogP contribution in [-0.2, 0) is 35.5 Å². The molecule has 10 nitrogen and oxygen atoms in total. The van der Waals surface area contributed by atoms with Crippen LogP contribution >= 0.6 is 77.2 Å². The minimum atomic E-state index is -0.169. The van der Waals surface area contributed by atoms with Crippen LogP contribution in [0.3, 0.4) is 0 Å². The molecule has 4 aliphatic rings. The van der Waals surface area contributed by atoms with Crippen LogP contribution < -0.4 is 21.7 Å². The second kappa shape index (κ2) is 21.4. The van der Waals surface area contributed by atoms with Gasteiger partial charge in [0.25, 0.3) is 0 Å². The zero-order valence-corrected chi connectivity index (χ0v) is 43.5. The Morgan fingerprint density at radius 1 is 0.797 bits per heavy atom. The van der Waals surface area contributed by atoms with Crippen molar-refractivity contribution in [2.45, 2.75) is 123 Å². The number of thiazole rings is 2. The molecule has 2 aliphatic carbocycles. The van der Waals surface area contributed by atoms with E-state index in [4.69, 9.17) is 15.7 Å². The Morgan fingerprint density at radius 2 is 1.28 bits per heavy atom. The fourth-order valence-electron chi connectivity index (χ4n) is 7.92. The van der Waals surface area contributed by atoms with Crippen molar-refractivity contribution in [2.24, 2.45) is 5.73 Å². The number of nitrogens with zero attached hydrogens (tertiary/aromatic N) is 4. The lowest BCUT2D eigenvalue weighted by Gasteiger charge is -2.26. The summed E-state index contributed by atoms with van der Waals surface area (Å²) in [4.78, 5) is 42.6. The standard InChI is InChI=1S/C24H29BrN4OS2.C20H18BrN3OS2.C4H11N/c1-3-14(2)26-10-8-21(30)28-24-22(23-27-18-12-15(25)4-7-19(18)31-23)17-9-11-29(16-5-6-16)13-20(17)32-24;1-2-17(25)23-20-18(19-22-14-9-11(21)3-6-15(14)26-19)13-7-8-24(12-4-5-12)10-16(13)27-20;1-3-4(2)5/h4,7,12,14,16,26H,3,5-6,8-11,13H2,1-2H3,(H,28,30);2-3,6,9,12H,1,4-5,7-8,10H2,(H,23,25);4H,3,5H2,1-2H3/t14-;;4-/m0.0/s1. The summed E-state index contributed by atoms with van der Waals surface area (Å²) in [7, 11) is 0. The summed E-state index contributed by atoms with van der Waals surface area (Å²) in [5, 5.41) is 13.6. The number of aromatic nitrogens is 2. The third-order valence-electron chi connectivity index (χ3n) is 12.2. The van der Waals surface area contributed by atoms with Crippen LogP contribution in [0.1, 0.15) is 93.5 Å². The first-order valence-electron chi connectivity index (χ1n) is 22.5. The van der Waals surface area contributed by atoms with E-state index in [1.807, 2.05) is 19.1 Å². The summed E-state index contributed by atoms with van der Waals surface area (Å²) in [5.74, 6) is -0.0960. The number of amides is 2. The fourth-order valence-corrected chi connectivity index (χ4v) is 13.4. The van der Waals surface area contributed by atoms with Crippen molar-refractivity contribution in [1.82, 2.24) is 25.1 Å². The third kappa shape index (κ3) is 11.6. The highest BCUT2D eigenvalue weighted by molar-refractivity contribution is 9.10. The summed E-state index contributed by atoms with van der Waals surface area (Å²) < 4.78 is 4.40. The van der Waals surface area contributed by atoms with E-state index >= 15 is 0 Å². The number of fused-ring (bicyclic) bond motifs is 4. The van der Waals surface area contributed by atoms with E-state index in [0.717, 1.165) is 120 Å². The molecule has 5 N–H and O–H groups in total. The van der Waals surface area contributed by atoms with E-state index in [-0.39, 0.29) is 11.8 Å². The van der Waals surface area contributed by atoms with Crippen LogP contribution in [0.5, 0.6) is 0 Å². The van der Waals surface area contributed by atoms with Gasteiger partial charge in [-0.25, -0.2) is 9.97 Å². The van der Waals surface area contributed by atoms with E-state index in [1.165, 1.54) is 57.3 Å². The Balaban J connectivity index is 0.000000160. The Morgan fingerprint density at radius 3 is 1.72 bits per heavy atom. The van der Waals surface area contributed by atoms with Crippen LogP contribution in [0.2, 0.25) is 0 Å². The van der Waals surface area contributed by atoms with Crippen LogP contribution in [0.25, 0.3) is 41.6 Å². The minimum absolute atomic E-state index is 0.0727. The summed E-state index contributed by atoms with van der Waals surface area (Å²) in [5.41, 5.74) is 12.3. The maximum atomic E-state index is 12.8. The van der Waals surface area contributed by atoms with E-state index in [0.29, 0.717) is 25.0 Å². The minimum Gasteiger partial charge on any atom is -0.328 e. The lowest BCUT2D eigenvalue weighted by atomic mass is 10.0. The van der Waals surface area contributed by atoms with E-state index in [9.17, 15) is 9.59 Å². The predicted octanol–water partition coefficient (Wildman–Crippen LogP) is 12.2. The molecule has 2 amide bonds. The molecule has 0 radical (unpaired) electrons. The van der Waals surface area contributed by atoms with Crippen molar-refractivity contribution in [3.8, 4) is 21.1 Å². The lowest BCUT2D eigenvalue weighted by molar-refractivity contribution is -0.116. The maximum Gasteiger partial charge on any atom is 0.248 e. The van der Waals surface area contributed by atoms with Gasteiger partial charge >= 0.3 is 0 Å². The van der Waals surface area contributed by atoms with E-state index in [2.05, 4.69) is 109 Å². The van der Waals surface area contributed by atoms with Gasteiger partial charge < -0.3 is 21.7 Å². The number of carbonyl (C=O) groups excluding carboxylic acids is 2. The molecule has 6 aromatic rings. The summed E-state index contributed by atoms with van der Waals surface area (Å²) in [6, 6.07) is 14.8. The third-order valence-corrected chi connectivity index (χ3v) is 17.6. The molecule has 0 saturated heterocycles. The summed E-state index contributed by atoms with van der Waals surface area (Å²) >= 11 is 13.9. The number of hydrogen-bond donors (Lipinski definition) is 4. The second-order valence-corrected chi connectivity index (χ2v) is 23.3. The van der Waals surface area contributed by atoms with Gasteiger partial charge in [-0.3, -0.25) is 19.4 Å². The highest BCUT2D eigenvalue weighted by Gasteiger charge is 2.36. The van der Waals surface area contributed by atoms with Gasteiger partial charge in [-0.15, -0.1) is 45.3 Å². The number of carbonyl (C=O) groups is 2. The highest BCUT2D eigenvalue weighted by atomic mass is 79.9. The number of rotatable bonds is 13. The van der Waals surface area contributed by atoms with Gasteiger partial charge in [0.05, 0.1) is 20.4 Å². The molecule has 340 valence electrons. The monoisotopic (exact) mass is 1060 g/mol. The van der Waals surface area contributed by atoms with Crippen molar-refractivity contribution >= 4 is 119 Å². The van der Waals surface area contributed by atoms with Gasteiger partial charge in [0, 0.05) is 93.1 Å². The molecule has 6 heterocycles. The Hall–Kier alpha value is -2.90. The number of halogens is 2. The number of nitrogens with one attached hydrogen (secondary N) is 3. The number of nitrogens with two attached hydrogens (primary N) is 1. The van der Waals surface area contributed by atoms with Crippen LogP contribution in [0.4, 0.5) is 10.0 Å². The molecule has 2 aromatic carbocycles. The topological polar surface area (TPSA) is 129 Å². The number of benzene rings is 2. The zero-order chi connectivity index (χ0) is 45.1. The largest absolute Gasteiger partial charge is 0.328 e. The molecule has 0 unspecified atom stereocenters.